The largest absolute Gasteiger partial charge is 0.294 e. The minimum absolute atomic E-state index is 0.00753. The predicted octanol–water partition coefficient (Wildman–Crippen LogP) is 2.45. The molecule has 0 atom stereocenters. The number of fused-ring (bicyclic) bond motifs is 1. The number of nitrogens with zero attached hydrogens (tertiary/aromatic N) is 5. The van der Waals surface area contributed by atoms with Crippen LogP contribution in [0.2, 0.25) is 0 Å². The summed E-state index contributed by atoms with van der Waals surface area (Å²) < 4.78 is 3.53. The Bertz CT molecular complexity index is 930. The molecule has 0 amide bonds. The van der Waals surface area contributed by atoms with Crippen molar-refractivity contribution in [3.8, 4) is 17.7 Å². The zero-order valence-corrected chi connectivity index (χ0v) is 12.3. The van der Waals surface area contributed by atoms with Crippen LogP contribution < -0.4 is 0 Å². The summed E-state index contributed by atoms with van der Waals surface area (Å²) in [6.07, 6.45) is 5.49. The van der Waals surface area contributed by atoms with Gasteiger partial charge in [-0.25, -0.2) is 9.67 Å². The molecule has 0 fully saturated rings. The summed E-state index contributed by atoms with van der Waals surface area (Å²) >= 11 is 0. The molecule has 1 aliphatic carbocycles. The lowest BCUT2D eigenvalue weighted by molar-refractivity contribution is 0.0972. The summed E-state index contributed by atoms with van der Waals surface area (Å²) in [6, 6.07) is 11.8. The van der Waals surface area contributed by atoms with Crippen molar-refractivity contribution in [1.82, 2.24) is 19.3 Å². The molecule has 4 rings (SSSR count). The molecule has 6 heteroatoms. The Balaban J connectivity index is 1.93. The standard InChI is InChI=1S/C17H13N5O/c18-11-13-16-14(7-4-8-15(16)23)22(20-13)17-19-9-10-21(17)12-5-2-1-3-6-12/h1-3,5-6,9-10H,4,7-8H2. The van der Waals surface area contributed by atoms with Gasteiger partial charge in [0.05, 0.1) is 11.3 Å². The van der Waals surface area contributed by atoms with Gasteiger partial charge in [0.25, 0.3) is 0 Å². The summed E-state index contributed by atoms with van der Waals surface area (Å²) in [5.74, 6) is 0.579. The number of carbonyl (C=O) groups excluding carboxylic acids is 1. The van der Waals surface area contributed by atoms with Gasteiger partial charge in [-0.05, 0) is 25.0 Å². The van der Waals surface area contributed by atoms with Gasteiger partial charge in [0.2, 0.25) is 5.95 Å². The Morgan fingerprint density at radius 2 is 2.00 bits per heavy atom. The van der Waals surface area contributed by atoms with Gasteiger partial charge in [0, 0.05) is 24.5 Å². The van der Waals surface area contributed by atoms with E-state index in [1.54, 1.807) is 10.9 Å². The minimum Gasteiger partial charge on any atom is -0.294 e. The molecule has 2 heterocycles. The zero-order chi connectivity index (χ0) is 15.8. The third-order valence-electron chi connectivity index (χ3n) is 4.03. The smallest absolute Gasteiger partial charge is 0.235 e. The highest BCUT2D eigenvalue weighted by Gasteiger charge is 2.28. The van der Waals surface area contributed by atoms with E-state index in [1.807, 2.05) is 47.2 Å². The van der Waals surface area contributed by atoms with Gasteiger partial charge in [-0.1, -0.05) is 18.2 Å². The first-order chi connectivity index (χ1) is 11.3. The SMILES string of the molecule is N#Cc1nn(-c2nccn2-c2ccccc2)c2c1C(=O)CCC2. The summed E-state index contributed by atoms with van der Waals surface area (Å²) in [6.45, 7) is 0. The molecule has 6 nitrogen and oxygen atoms in total. The number of Topliss-reactive ketones (excluding diaryl/α,β-unsaturated/α-hetero) is 1. The Morgan fingerprint density at radius 1 is 1.17 bits per heavy atom. The molecule has 1 aromatic carbocycles. The van der Waals surface area contributed by atoms with Crippen LogP contribution in [-0.2, 0) is 6.42 Å². The second-order valence-electron chi connectivity index (χ2n) is 5.40. The molecule has 0 spiro atoms. The van der Waals surface area contributed by atoms with Crippen LogP contribution in [-0.4, -0.2) is 25.1 Å². The molecule has 112 valence electrons. The average molecular weight is 303 g/mol. The van der Waals surface area contributed by atoms with Gasteiger partial charge in [-0.15, -0.1) is 0 Å². The molecule has 3 aromatic rings. The number of benzene rings is 1. The molecule has 0 N–H and O–H groups in total. The maximum absolute atomic E-state index is 12.2. The van der Waals surface area contributed by atoms with Crippen molar-refractivity contribution in [2.24, 2.45) is 0 Å². The van der Waals surface area contributed by atoms with Crippen molar-refractivity contribution >= 4 is 5.78 Å². The van der Waals surface area contributed by atoms with Crippen LogP contribution in [0.25, 0.3) is 11.6 Å². The van der Waals surface area contributed by atoms with E-state index in [4.69, 9.17) is 0 Å². The van der Waals surface area contributed by atoms with Crippen LogP contribution in [0, 0.1) is 11.3 Å². The molecular weight excluding hydrogens is 290 g/mol. The van der Waals surface area contributed by atoms with E-state index >= 15 is 0 Å². The van der Waals surface area contributed by atoms with Crippen LogP contribution in [0.4, 0.5) is 0 Å². The maximum atomic E-state index is 12.2. The van der Waals surface area contributed by atoms with Gasteiger partial charge in [0.15, 0.2) is 11.5 Å². The lowest BCUT2D eigenvalue weighted by Crippen LogP contribution is -2.15. The van der Waals surface area contributed by atoms with Crippen molar-refractivity contribution in [2.75, 3.05) is 0 Å². The van der Waals surface area contributed by atoms with E-state index in [2.05, 4.69) is 10.1 Å². The predicted molar refractivity (Wildman–Crippen MR) is 82.7 cm³/mol. The van der Waals surface area contributed by atoms with Gasteiger partial charge in [0.1, 0.15) is 6.07 Å². The molecule has 0 unspecified atom stereocenters. The maximum Gasteiger partial charge on any atom is 0.235 e. The Hall–Kier alpha value is -3.20. The van der Waals surface area contributed by atoms with Gasteiger partial charge < -0.3 is 0 Å². The fourth-order valence-corrected chi connectivity index (χ4v) is 3.00. The van der Waals surface area contributed by atoms with E-state index in [9.17, 15) is 10.1 Å². The van der Waals surface area contributed by atoms with Crippen LogP contribution in [0.5, 0.6) is 0 Å². The van der Waals surface area contributed by atoms with E-state index in [0.717, 1.165) is 24.2 Å². The quantitative estimate of drug-likeness (QED) is 0.728. The molecule has 0 aliphatic heterocycles. The first-order valence-corrected chi connectivity index (χ1v) is 7.44. The van der Waals surface area contributed by atoms with Gasteiger partial charge in [-0.2, -0.15) is 10.4 Å². The summed E-state index contributed by atoms with van der Waals surface area (Å²) in [7, 11) is 0. The molecule has 2 aromatic heterocycles. The summed E-state index contributed by atoms with van der Waals surface area (Å²) in [5.41, 5.74) is 2.37. The van der Waals surface area contributed by atoms with Crippen molar-refractivity contribution < 1.29 is 4.79 Å². The molecule has 0 saturated heterocycles. The number of imidazole rings is 1. The second kappa shape index (κ2) is 5.21. The zero-order valence-electron chi connectivity index (χ0n) is 12.3. The number of hydrogen-bond acceptors (Lipinski definition) is 4. The molecule has 23 heavy (non-hydrogen) atoms. The third-order valence-corrected chi connectivity index (χ3v) is 4.03. The average Bonchev–Trinajstić information content (AvgIpc) is 3.20. The lowest BCUT2D eigenvalue weighted by Gasteiger charge is -2.13. The number of aromatic nitrogens is 4. The second-order valence-corrected chi connectivity index (χ2v) is 5.40. The van der Waals surface area contributed by atoms with E-state index in [0.29, 0.717) is 17.9 Å². The molecule has 1 aliphatic rings. The summed E-state index contributed by atoms with van der Waals surface area (Å²) in [5, 5.41) is 13.6. The van der Waals surface area contributed by atoms with Crippen LogP contribution in [0.15, 0.2) is 42.7 Å². The number of ketones is 1. The number of carbonyl (C=O) groups is 1. The highest BCUT2D eigenvalue weighted by Crippen LogP contribution is 2.27. The number of nitriles is 1. The lowest BCUT2D eigenvalue weighted by atomic mass is 9.95. The fraction of sp³-hybridized carbons (Fsp3) is 0.176. The highest BCUT2D eigenvalue weighted by atomic mass is 16.1. The van der Waals surface area contributed by atoms with Gasteiger partial charge in [-0.3, -0.25) is 9.36 Å². The van der Waals surface area contributed by atoms with E-state index in [-0.39, 0.29) is 11.5 Å². The summed E-state index contributed by atoms with van der Waals surface area (Å²) in [4.78, 5) is 16.6. The van der Waals surface area contributed by atoms with Crippen molar-refractivity contribution in [2.45, 2.75) is 19.3 Å². The fourth-order valence-electron chi connectivity index (χ4n) is 3.00. The first kappa shape index (κ1) is 13.5. The van der Waals surface area contributed by atoms with E-state index < -0.39 is 0 Å². The number of para-hydroxylation sites is 1. The molecule has 0 bridgehead atoms. The Kier molecular flexibility index (Phi) is 3.05. The van der Waals surface area contributed by atoms with Crippen LogP contribution in [0.1, 0.15) is 34.6 Å². The third kappa shape index (κ3) is 2.06. The van der Waals surface area contributed by atoms with Crippen molar-refractivity contribution in [3.63, 3.8) is 0 Å². The topological polar surface area (TPSA) is 76.5 Å². The Morgan fingerprint density at radius 3 is 2.78 bits per heavy atom. The Labute approximate surface area is 132 Å². The van der Waals surface area contributed by atoms with E-state index in [1.165, 1.54) is 0 Å². The molecular formula is C17H13N5O. The number of hydrogen-bond donors (Lipinski definition) is 0. The van der Waals surface area contributed by atoms with Gasteiger partial charge >= 0.3 is 0 Å². The molecule has 0 saturated carbocycles. The van der Waals surface area contributed by atoms with Crippen molar-refractivity contribution in [1.29, 1.82) is 5.26 Å². The normalized spacial score (nSPS) is 13.6. The van der Waals surface area contributed by atoms with Crippen LogP contribution >= 0.6 is 0 Å². The number of rotatable bonds is 2. The monoisotopic (exact) mass is 303 g/mol. The van der Waals surface area contributed by atoms with Crippen LogP contribution in [0.3, 0.4) is 0 Å². The van der Waals surface area contributed by atoms with Crippen molar-refractivity contribution in [3.05, 3.63) is 59.7 Å². The minimum atomic E-state index is -0.00753. The highest BCUT2D eigenvalue weighted by molar-refractivity contribution is 6.00. The first-order valence-electron chi connectivity index (χ1n) is 7.44. The molecule has 0 radical (unpaired) electrons.